The molecule has 16 heavy (non-hydrogen) atoms. The molecule has 0 aliphatic carbocycles. The summed E-state index contributed by atoms with van der Waals surface area (Å²) in [7, 11) is 0. The average Bonchev–Trinajstić information content (AvgIpc) is 2.21. The van der Waals surface area contributed by atoms with Crippen LogP contribution in [-0.2, 0) is 0 Å². The van der Waals surface area contributed by atoms with Crippen LogP contribution in [0, 0.1) is 10.1 Å². The molecule has 1 aromatic rings. The maximum atomic E-state index is 10.5. The van der Waals surface area contributed by atoms with Crippen LogP contribution >= 0.6 is 27.7 Å². The van der Waals surface area contributed by atoms with Crippen molar-refractivity contribution in [1.29, 1.82) is 0 Å². The summed E-state index contributed by atoms with van der Waals surface area (Å²) in [5.41, 5.74) is -0.0361. The van der Waals surface area contributed by atoms with E-state index in [1.165, 1.54) is 24.0 Å². The van der Waals surface area contributed by atoms with E-state index < -0.39 is 4.92 Å². The van der Waals surface area contributed by atoms with Crippen LogP contribution in [0.15, 0.2) is 21.8 Å². The SMILES string of the molecule is C[C@H](CCO)Sc1ncc([N+](=O)[O-])cc1Br. The molecule has 0 fully saturated rings. The van der Waals surface area contributed by atoms with E-state index in [1.807, 2.05) is 6.92 Å². The van der Waals surface area contributed by atoms with Crippen molar-refractivity contribution in [2.75, 3.05) is 6.61 Å². The molecule has 88 valence electrons. The Bertz CT molecular complexity index is 389. The Hall–Kier alpha value is -0.660. The van der Waals surface area contributed by atoms with Crippen molar-refractivity contribution in [3.05, 3.63) is 26.9 Å². The van der Waals surface area contributed by atoms with Crippen LogP contribution in [0.1, 0.15) is 13.3 Å². The number of hydrogen-bond acceptors (Lipinski definition) is 5. The van der Waals surface area contributed by atoms with Crippen LogP contribution in [0.2, 0.25) is 0 Å². The fourth-order valence-electron chi connectivity index (χ4n) is 1.03. The minimum absolute atomic E-state index is 0.0361. The van der Waals surface area contributed by atoms with E-state index in [1.54, 1.807) is 0 Å². The lowest BCUT2D eigenvalue weighted by atomic mass is 10.3. The van der Waals surface area contributed by atoms with Gasteiger partial charge in [-0.25, -0.2) is 4.98 Å². The lowest BCUT2D eigenvalue weighted by Crippen LogP contribution is -2.00. The predicted octanol–water partition coefficient (Wildman–Crippen LogP) is 2.62. The van der Waals surface area contributed by atoms with Crippen molar-refractivity contribution >= 4 is 33.4 Å². The van der Waals surface area contributed by atoms with E-state index in [-0.39, 0.29) is 17.5 Å². The summed E-state index contributed by atoms with van der Waals surface area (Å²) in [6.45, 7) is 2.09. The number of nitrogens with zero attached hydrogens (tertiary/aromatic N) is 2. The van der Waals surface area contributed by atoms with E-state index in [9.17, 15) is 10.1 Å². The monoisotopic (exact) mass is 306 g/mol. The van der Waals surface area contributed by atoms with Crippen molar-refractivity contribution < 1.29 is 10.0 Å². The molecule has 1 atom stereocenters. The third-order valence-electron chi connectivity index (χ3n) is 1.85. The summed E-state index contributed by atoms with van der Waals surface area (Å²) in [5, 5.41) is 20.2. The number of aliphatic hydroxyl groups is 1. The Morgan fingerprint density at radius 1 is 1.75 bits per heavy atom. The maximum absolute atomic E-state index is 10.5. The minimum atomic E-state index is -0.483. The molecular formula is C9H11BrN2O3S. The molecule has 0 aliphatic rings. The zero-order valence-electron chi connectivity index (χ0n) is 8.59. The number of hydrogen-bond donors (Lipinski definition) is 1. The maximum Gasteiger partial charge on any atom is 0.288 e. The smallest absolute Gasteiger partial charge is 0.288 e. The normalized spacial score (nSPS) is 12.4. The number of pyridine rings is 1. The number of nitro groups is 1. The van der Waals surface area contributed by atoms with Crippen LogP contribution < -0.4 is 0 Å². The standard InChI is InChI=1S/C9H11BrN2O3S/c1-6(2-3-13)16-9-8(10)4-7(5-11-9)12(14)15/h4-6,13H,2-3H2,1H3/t6-/m1/s1. The van der Waals surface area contributed by atoms with Crippen LogP contribution in [0.5, 0.6) is 0 Å². The molecule has 0 unspecified atom stereocenters. The van der Waals surface area contributed by atoms with Gasteiger partial charge in [0.2, 0.25) is 0 Å². The second kappa shape index (κ2) is 6.17. The van der Waals surface area contributed by atoms with Gasteiger partial charge in [-0.1, -0.05) is 6.92 Å². The highest BCUT2D eigenvalue weighted by molar-refractivity contribution is 9.10. The molecule has 7 heteroatoms. The molecule has 0 radical (unpaired) electrons. The molecule has 0 saturated heterocycles. The summed E-state index contributed by atoms with van der Waals surface area (Å²) in [6.07, 6.45) is 1.90. The lowest BCUT2D eigenvalue weighted by Gasteiger charge is -2.09. The van der Waals surface area contributed by atoms with Gasteiger partial charge in [0.1, 0.15) is 11.2 Å². The number of thioether (sulfide) groups is 1. The fourth-order valence-corrected chi connectivity index (χ4v) is 2.54. The van der Waals surface area contributed by atoms with Gasteiger partial charge in [-0.15, -0.1) is 11.8 Å². The first kappa shape index (κ1) is 13.4. The van der Waals surface area contributed by atoms with E-state index in [0.29, 0.717) is 15.9 Å². The summed E-state index contributed by atoms with van der Waals surface area (Å²) < 4.78 is 0.608. The molecule has 0 amide bonds. The van der Waals surface area contributed by atoms with Crippen molar-refractivity contribution in [2.45, 2.75) is 23.6 Å². The third-order valence-corrected chi connectivity index (χ3v) is 3.91. The van der Waals surface area contributed by atoms with Gasteiger partial charge in [0, 0.05) is 17.9 Å². The second-order valence-electron chi connectivity index (χ2n) is 3.18. The Kier molecular flexibility index (Phi) is 5.17. The molecule has 1 rings (SSSR count). The Balaban J connectivity index is 2.79. The van der Waals surface area contributed by atoms with Gasteiger partial charge >= 0.3 is 0 Å². The number of halogens is 1. The van der Waals surface area contributed by atoms with E-state index in [4.69, 9.17) is 5.11 Å². The van der Waals surface area contributed by atoms with Gasteiger partial charge in [0.25, 0.3) is 5.69 Å². The van der Waals surface area contributed by atoms with Crippen molar-refractivity contribution in [2.24, 2.45) is 0 Å². The zero-order chi connectivity index (χ0) is 12.1. The highest BCUT2D eigenvalue weighted by atomic mass is 79.9. The highest BCUT2D eigenvalue weighted by Crippen LogP contribution is 2.31. The van der Waals surface area contributed by atoms with Gasteiger partial charge in [-0.3, -0.25) is 10.1 Å². The molecule has 0 aromatic carbocycles. The Labute approximate surface area is 106 Å². The summed E-state index contributed by atoms with van der Waals surface area (Å²) in [4.78, 5) is 14.0. The van der Waals surface area contributed by atoms with Crippen molar-refractivity contribution in [3.63, 3.8) is 0 Å². The third kappa shape index (κ3) is 3.73. The molecule has 0 bridgehead atoms. The Morgan fingerprint density at radius 2 is 2.44 bits per heavy atom. The molecule has 1 N–H and O–H groups in total. The van der Waals surface area contributed by atoms with Crippen LogP contribution in [0.25, 0.3) is 0 Å². The minimum Gasteiger partial charge on any atom is -0.396 e. The zero-order valence-corrected chi connectivity index (χ0v) is 11.0. The average molecular weight is 307 g/mol. The number of aliphatic hydroxyl groups excluding tert-OH is 1. The fraction of sp³-hybridized carbons (Fsp3) is 0.444. The van der Waals surface area contributed by atoms with Crippen molar-refractivity contribution in [3.8, 4) is 0 Å². The largest absolute Gasteiger partial charge is 0.396 e. The number of rotatable bonds is 5. The molecule has 0 spiro atoms. The first-order valence-corrected chi connectivity index (χ1v) is 6.29. The molecule has 0 saturated carbocycles. The number of aromatic nitrogens is 1. The quantitative estimate of drug-likeness (QED) is 0.514. The summed E-state index contributed by atoms with van der Waals surface area (Å²) in [5.74, 6) is 0. The summed E-state index contributed by atoms with van der Waals surface area (Å²) >= 11 is 4.72. The van der Waals surface area contributed by atoms with Crippen LogP contribution in [0.3, 0.4) is 0 Å². The van der Waals surface area contributed by atoms with Gasteiger partial charge in [0.15, 0.2) is 0 Å². The van der Waals surface area contributed by atoms with Crippen LogP contribution in [-0.4, -0.2) is 26.9 Å². The van der Waals surface area contributed by atoms with Gasteiger partial charge in [-0.05, 0) is 22.4 Å². The molecular weight excluding hydrogens is 296 g/mol. The molecule has 5 nitrogen and oxygen atoms in total. The van der Waals surface area contributed by atoms with Crippen LogP contribution in [0.4, 0.5) is 5.69 Å². The topological polar surface area (TPSA) is 76.3 Å². The first-order chi connectivity index (χ1) is 7.54. The molecule has 1 heterocycles. The van der Waals surface area contributed by atoms with E-state index in [2.05, 4.69) is 20.9 Å². The predicted molar refractivity (Wildman–Crippen MR) is 65.6 cm³/mol. The van der Waals surface area contributed by atoms with Gasteiger partial charge < -0.3 is 5.11 Å². The summed E-state index contributed by atoms with van der Waals surface area (Å²) in [6, 6.07) is 1.43. The van der Waals surface area contributed by atoms with E-state index in [0.717, 1.165) is 0 Å². The molecule has 0 aliphatic heterocycles. The Morgan fingerprint density at radius 3 is 2.94 bits per heavy atom. The van der Waals surface area contributed by atoms with Gasteiger partial charge in [-0.2, -0.15) is 0 Å². The highest BCUT2D eigenvalue weighted by Gasteiger charge is 2.13. The lowest BCUT2D eigenvalue weighted by molar-refractivity contribution is -0.385. The molecule has 1 aromatic heterocycles. The first-order valence-electron chi connectivity index (χ1n) is 4.62. The van der Waals surface area contributed by atoms with E-state index >= 15 is 0 Å². The second-order valence-corrected chi connectivity index (χ2v) is 5.46. The van der Waals surface area contributed by atoms with Crippen molar-refractivity contribution in [1.82, 2.24) is 4.98 Å². The van der Waals surface area contributed by atoms with Gasteiger partial charge in [0.05, 0.1) is 9.40 Å².